The molecule has 92 valence electrons. The Hall–Kier alpha value is -0.130. The Kier molecular flexibility index (Phi) is 7.13. The second-order valence-electron chi connectivity index (χ2n) is 3.81. The van der Waals surface area contributed by atoms with Gasteiger partial charge in [0.1, 0.15) is 5.75 Å². The Morgan fingerprint density at radius 3 is 1.80 bits per heavy atom. The standard InChI is InChI=1S/C10H22O4S/c1-5-13-10(14-6-2)8-15(11,12)7-9(3)4/h9-10H,5-8H2,1-4H3. The number of hydrogen-bond acceptors (Lipinski definition) is 4. The highest BCUT2D eigenvalue weighted by Gasteiger charge is 2.20. The summed E-state index contributed by atoms with van der Waals surface area (Å²) < 4.78 is 33.7. The molecule has 4 nitrogen and oxygen atoms in total. The van der Waals surface area contributed by atoms with Crippen LogP contribution in [0, 0.1) is 5.92 Å². The Morgan fingerprint density at radius 1 is 1.00 bits per heavy atom. The molecule has 0 bridgehead atoms. The Morgan fingerprint density at radius 2 is 1.47 bits per heavy atom. The molecule has 0 rings (SSSR count). The fourth-order valence-electron chi connectivity index (χ4n) is 1.30. The van der Waals surface area contributed by atoms with Gasteiger partial charge in [-0.3, -0.25) is 0 Å². The normalized spacial score (nSPS) is 12.7. The third-order valence-corrected chi connectivity index (χ3v) is 3.64. The highest BCUT2D eigenvalue weighted by Crippen LogP contribution is 2.06. The molecule has 0 N–H and O–H groups in total. The van der Waals surface area contributed by atoms with Crippen LogP contribution >= 0.6 is 0 Å². The van der Waals surface area contributed by atoms with Crippen molar-refractivity contribution < 1.29 is 17.9 Å². The smallest absolute Gasteiger partial charge is 0.171 e. The molecular formula is C10H22O4S. The first kappa shape index (κ1) is 14.9. The van der Waals surface area contributed by atoms with E-state index in [0.717, 1.165) is 0 Å². The molecule has 0 aromatic rings. The summed E-state index contributed by atoms with van der Waals surface area (Å²) in [4.78, 5) is 0. The van der Waals surface area contributed by atoms with Crippen LogP contribution in [0.1, 0.15) is 27.7 Å². The second kappa shape index (κ2) is 7.19. The van der Waals surface area contributed by atoms with Crippen molar-refractivity contribution in [2.45, 2.75) is 34.0 Å². The van der Waals surface area contributed by atoms with Crippen molar-refractivity contribution in [3.05, 3.63) is 0 Å². The molecular weight excluding hydrogens is 216 g/mol. The van der Waals surface area contributed by atoms with Gasteiger partial charge in [0.2, 0.25) is 0 Å². The van der Waals surface area contributed by atoms with Gasteiger partial charge in [-0.1, -0.05) is 13.8 Å². The van der Waals surface area contributed by atoms with Gasteiger partial charge in [0.15, 0.2) is 16.1 Å². The van der Waals surface area contributed by atoms with Crippen molar-refractivity contribution in [2.75, 3.05) is 24.7 Å². The van der Waals surface area contributed by atoms with E-state index >= 15 is 0 Å². The van der Waals surface area contributed by atoms with Crippen molar-refractivity contribution >= 4 is 9.84 Å². The van der Waals surface area contributed by atoms with Gasteiger partial charge in [0, 0.05) is 13.2 Å². The molecule has 0 radical (unpaired) electrons. The molecule has 0 fully saturated rings. The van der Waals surface area contributed by atoms with Crippen LogP contribution < -0.4 is 0 Å². The van der Waals surface area contributed by atoms with E-state index in [0.29, 0.717) is 13.2 Å². The number of hydrogen-bond donors (Lipinski definition) is 0. The molecule has 0 heterocycles. The van der Waals surface area contributed by atoms with Crippen LogP contribution in [0.15, 0.2) is 0 Å². The second-order valence-corrected chi connectivity index (χ2v) is 5.96. The summed E-state index contributed by atoms with van der Waals surface area (Å²) in [6.45, 7) is 8.33. The zero-order valence-corrected chi connectivity index (χ0v) is 10.8. The zero-order valence-electron chi connectivity index (χ0n) is 10.0. The van der Waals surface area contributed by atoms with Crippen LogP contribution in [0.3, 0.4) is 0 Å². The van der Waals surface area contributed by atoms with Crippen LogP contribution in [-0.2, 0) is 19.3 Å². The minimum absolute atomic E-state index is 0.0488. The average Bonchev–Trinajstić information content (AvgIpc) is 2.01. The lowest BCUT2D eigenvalue weighted by Gasteiger charge is -2.17. The molecule has 0 aromatic heterocycles. The van der Waals surface area contributed by atoms with E-state index in [1.54, 1.807) is 0 Å². The lowest BCUT2D eigenvalue weighted by molar-refractivity contribution is -0.120. The van der Waals surface area contributed by atoms with Gasteiger partial charge in [0.05, 0.1) is 5.75 Å². The van der Waals surface area contributed by atoms with Gasteiger partial charge in [-0.25, -0.2) is 8.42 Å². The maximum absolute atomic E-state index is 11.6. The minimum atomic E-state index is -3.07. The van der Waals surface area contributed by atoms with E-state index in [-0.39, 0.29) is 17.4 Å². The lowest BCUT2D eigenvalue weighted by Crippen LogP contribution is -2.29. The summed E-state index contributed by atoms with van der Waals surface area (Å²) in [7, 11) is -3.07. The van der Waals surface area contributed by atoms with Crippen molar-refractivity contribution in [3.63, 3.8) is 0 Å². The monoisotopic (exact) mass is 238 g/mol. The fourth-order valence-corrected chi connectivity index (χ4v) is 3.06. The van der Waals surface area contributed by atoms with E-state index < -0.39 is 16.1 Å². The van der Waals surface area contributed by atoms with Crippen LogP contribution in [0.25, 0.3) is 0 Å². The highest BCUT2D eigenvalue weighted by molar-refractivity contribution is 7.91. The van der Waals surface area contributed by atoms with Crippen molar-refractivity contribution in [1.29, 1.82) is 0 Å². The molecule has 0 aromatic carbocycles. The van der Waals surface area contributed by atoms with E-state index in [1.807, 2.05) is 27.7 Å². The lowest BCUT2D eigenvalue weighted by atomic mass is 10.3. The van der Waals surface area contributed by atoms with Crippen molar-refractivity contribution in [1.82, 2.24) is 0 Å². The van der Waals surface area contributed by atoms with E-state index in [2.05, 4.69) is 0 Å². The van der Waals surface area contributed by atoms with Gasteiger partial charge in [-0.15, -0.1) is 0 Å². The third kappa shape index (κ3) is 7.76. The summed E-state index contributed by atoms with van der Waals surface area (Å²) in [5.74, 6) is 0.273. The topological polar surface area (TPSA) is 52.6 Å². The average molecular weight is 238 g/mol. The maximum Gasteiger partial charge on any atom is 0.171 e. The van der Waals surface area contributed by atoms with Gasteiger partial charge in [-0.05, 0) is 19.8 Å². The summed E-state index contributed by atoms with van der Waals surface area (Å²) in [5, 5.41) is 0. The minimum Gasteiger partial charge on any atom is -0.352 e. The van der Waals surface area contributed by atoms with Crippen molar-refractivity contribution in [3.8, 4) is 0 Å². The number of sulfone groups is 1. The number of rotatable bonds is 8. The quantitative estimate of drug-likeness (QED) is 0.601. The predicted octanol–water partition coefficient (Wildman–Crippen LogP) is 1.46. The molecule has 0 saturated heterocycles. The molecule has 0 saturated carbocycles. The molecule has 5 heteroatoms. The van der Waals surface area contributed by atoms with Gasteiger partial charge in [0.25, 0.3) is 0 Å². The third-order valence-electron chi connectivity index (χ3n) is 1.68. The first-order chi connectivity index (χ1) is 6.91. The van der Waals surface area contributed by atoms with Crippen LogP contribution in [-0.4, -0.2) is 39.4 Å². The molecule has 0 aliphatic carbocycles. The van der Waals surface area contributed by atoms with Gasteiger partial charge in [-0.2, -0.15) is 0 Å². The molecule has 15 heavy (non-hydrogen) atoms. The van der Waals surface area contributed by atoms with Crippen LogP contribution in [0.2, 0.25) is 0 Å². The molecule has 0 aliphatic heterocycles. The largest absolute Gasteiger partial charge is 0.352 e. The molecule has 0 amide bonds. The SMILES string of the molecule is CCOC(CS(=O)(=O)CC(C)C)OCC. The molecule has 0 atom stereocenters. The summed E-state index contributed by atoms with van der Waals surface area (Å²) in [5.41, 5.74) is 0. The summed E-state index contributed by atoms with van der Waals surface area (Å²) >= 11 is 0. The Labute approximate surface area is 92.9 Å². The van der Waals surface area contributed by atoms with Crippen molar-refractivity contribution in [2.24, 2.45) is 5.92 Å². The van der Waals surface area contributed by atoms with Crippen LogP contribution in [0.5, 0.6) is 0 Å². The first-order valence-corrected chi connectivity index (χ1v) is 7.17. The Balaban J connectivity index is 4.24. The van der Waals surface area contributed by atoms with Gasteiger partial charge >= 0.3 is 0 Å². The predicted molar refractivity (Wildman–Crippen MR) is 60.5 cm³/mol. The van der Waals surface area contributed by atoms with E-state index in [4.69, 9.17) is 9.47 Å². The summed E-state index contributed by atoms with van der Waals surface area (Å²) in [6.07, 6.45) is -0.622. The maximum atomic E-state index is 11.6. The molecule has 0 spiro atoms. The Bertz CT molecular complexity index is 240. The fraction of sp³-hybridized carbons (Fsp3) is 1.00. The zero-order chi connectivity index (χ0) is 11.9. The first-order valence-electron chi connectivity index (χ1n) is 5.34. The molecule has 0 unspecified atom stereocenters. The van der Waals surface area contributed by atoms with E-state index in [9.17, 15) is 8.42 Å². The summed E-state index contributed by atoms with van der Waals surface area (Å²) in [6, 6.07) is 0. The van der Waals surface area contributed by atoms with E-state index in [1.165, 1.54) is 0 Å². The molecule has 0 aliphatic rings. The number of ether oxygens (including phenoxy) is 2. The van der Waals surface area contributed by atoms with Crippen LogP contribution in [0.4, 0.5) is 0 Å². The van der Waals surface area contributed by atoms with Gasteiger partial charge < -0.3 is 9.47 Å². The highest BCUT2D eigenvalue weighted by atomic mass is 32.2.